The highest BCUT2D eigenvalue weighted by Gasteiger charge is 2.35. The maximum absolute atomic E-state index is 14.2. The Morgan fingerprint density at radius 1 is 1.23 bits per heavy atom. The Labute approximate surface area is 184 Å². The van der Waals surface area contributed by atoms with Crippen molar-refractivity contribution < 1.29 is 28.2 Å². The lowest BCUT2D eigenvalue weighted by molar-refractivity contribution is -0.132. The zero-order valence-electron chi connectivity index (χ0n) is 15.7. The molecule has 1 saturated heterocycles. The van der Waals surface area contributed by atoms with E-state index in [0.717, 1.165) is 4.90 Å². The zero-order valence-corrected chi connectivity index (χ0v) is 18.1. The summed E-state index contributed by atoms with van der Waals surface area (Å²) in [6.45, 7) is 1.24. The second kappa shape index (κ2) is 8.72. The lowest BCUT2D eigenvalue weighted by atomic mass is 10.1. The molecule has 10 heteroatoms. The van der Waals surface area contributed by atoms with Gasteiger partial charge in [0.2, 0.25) is 0 Å². The largest absolute Gasteiger partial charge is 0.493 e. The number of hydrogen-bond donors (Lipinski definition) is 1. The molecule has 7 nitrogen and oxygen atoms in total. The van der Waals surface area contributed by atoms with Gasteiger partial charge >= 0.3 is 5.97 Å². The number of amides is 2. The van der Waals surface area contributed by atoms with Crippen LogP contribution in [0, 0.1) is 5.82 Å². The smallest absolute Gasteiger partial charge is 0.308 e. The predicted molar refractivity (Wildman–Crippen MR) is 115 cm³/mol. The van der Waals surface area contributed by atoms with Gasteiger partial charge in [-0.3, -0.25) is 19.7 Å². The molecule has 154 valence electrons. The highest BCUT2D eigenvalue weighted by Crippen LogP contribution is 2.35. The molecule has 2 aromatic carbocycles. The van der Waals surface area contributed by atoms with E-state index in [1.807, 2.05) is 0 Å². The maximum atomic E-state index is 14.2. The average Bonchev–Trinajstić information content (AvgIpc) is 2.67. The van der Waals surface area contributed by atoms with E-state index in [2.05, 4.69) is 21.2 Å². The van der Waals surface area contributed by atoms with E-state index in [1.54, 1.807) is 6.07 Å². The summed E-state index contributed by atoms with van der Waals surface area (Å²) in [7, 11) is 1.38. The third kappa shape index (κ3) is 4.24. The van der Waals surface area contributed by atoms with E-state index in [0.29, 0.717) is 10.0 Å². The van der Waals surface area contributed by atoms with Crippen LogP contribution in [0.5, 0.6) is 11.5 Å². The minimum Gasteiger partial charge on any atom is -0.493 e. The number of thiocarbonyl (C=S) groups is 1. The normalized spacial score (nSPS) is 15.3. The Hall–Kier alpha value is -3.11. The summed E-state index contributed by atoms with van der Waals surface area (Å²) in [6.07, 6.45) is 1.30. The van der Waals surface area contributed by atoms with Crippen molar-refractivity contribution in [2.45, 2.75) is 6.92 Å². The van der Waals surface area contributed by atoms with Crippen LogP contribution in [0.25, 0.3) is 6.08 Å². The van der Waals surface area contributed by atoms with Gasteiger partial charge in [0, 0.05) is 11.4 Å². The van der Waals surface area contributed by atoms with E-state index < -0.39 is 23.6 Å². The summed E-state index contributed by atoms with van der Waals surface area (Å²) >= 11 is 8.38. The number of para-hydroxylation sites is 1. The molecule has 1 aliphatic rings. The topological polar surface area (TPSA) is 84.9 Å². The van der Waals surface area contributed by atoms with E-state index in [1.165, 1.54) is 50.4 Å². The highest BCUT2D eigenvalue weighted by molar-refractivity contribution is 9.10. The SMILES string of the molecule is COc1cc(/C=C2\C(=O)NC(=S)N(c3ccccc3F)C2=O)c(Br)cc1OC(C)=O. The van der Waals surface area contributed by atoms with Crippen LogP contribution in [0.15, 0.2) is 46.4 Å². The standard InChI is InChI=1S/C20H14BrFN2O5S/c1-10(25)29-17-9-13(21)11(8-16(17)28-2)7-12-18(26)23-20(30)24(19(12)27)15-6-4-3-5-14(15)22/h3-9H,1-2H3,(H,23,26,30)/b12-7+. The number of carbonyl (C=O) groups excluding carboxylic acids is 3. The van der Waals surface area contributed by atoms with Gasteiger partial charge in [0.05, 0.1) is 12.8 Å². The number of methoxy groups -OCH3 is 1. The fraction of sp³-hybridized carbons (Fsp3) is 0.100. The van der Waals surface area contributed by atoms with E-state index >= 15 is 0 Å². The van der Waals surface area contributed by atoms with Crippen molar-refractivity contribution in [3.8, 4) is 11.5 Å². The summed E-state index contributed by atoms with van der Waals surface area (Å²) < 4.78 is 25.0. The van der Waals surface area contributed by atoms with Gasteiger partial charge in [-0.2, -0.15) is 0 Å². The summed E-state index contributed by atoms with van der Waals surface area (Å²) in [5.74, 6) is -2.35. The predicted octanol–water partition coefficient (Wildman–Crippen LogP) is 3.35. The second-order valence-corrected chi connectivity index (χ2v) is 7.27. The fourth-order valence-electron chi connectivity index (χ4n) is 2.72. The molecule has 0 aliphatic carbocycles. The van der Waals surface area contributed by atoms with E-state index in [4.69, 9.17) is 21.7 Å². The lowest BCUT2D eigenvalue weighted by Gasteiger charge is -2.29. The Morgan fingerprint density at radius 2 is 1.93 bits per heavy atom. The third-order valence-electron chi connectivity index (χ3n) is 4.03. The van der Waals surface area contributed by atoms with Crippen LogP contribution in [0.1, 0.15) is 12.5 Å². The number of esters is 1. The molecule has 0 bridgehead atoms. The van der Waals surface area contributed by atoms with Gasteiger partial charge in [0.15, 0.2) is 16.6 Å². The first-order valence-electron chi connectivity index (χ1n) is 8.45. The molecule has 3 rings (SSSR count). The van der Waals surface area contributed by atoms with Crippen LogP contribution in [0.3, 0.4) is 0 Å². The number of halogens is 2. The Kier molecular flexibility index (Phi) is 6.28. The quantitative estimate of drug-likeness (QED) is 0.231. The van der Waals surface area contributed by atoms with Gasteiger partial charge in [-0.05, 0) is 48.1 Å². The molecule has 1 fully saturated rings. The maximum Gasteiger partial charge on any atom is 0.308 e. The molecule has 2 amide bonds. The monoisotopic (exact) mass is 492 g/mol. The first-order chi connectivity index (χ1) is 14.2. The van der Waals surface area contributed by atoms with Crippen LogP contribution >= 0.6 is 28.1 Å². The molecule has 1 heterocycles. The van der Waals surface area contributed by atoms with E-state index in [9.17, 15) is 18.8 Å². The van der Waals surface area contributed by atoms with Crippen LogP contribution in [0.4, 0.5) is 10.1 Å². The number of hydrogen-bond acceptors (Lipinski definition) is 6. The average molecular weight is 493 g/mol. The van der Waals surface area contributed by atoms with Gasteiger partial charge in [-0.15, -0.1) is 0 Å². The van der Waals surface area contributed by atoms with Crippen molar-refractivity contribution in [1.29, 1.82) is 0 Å². The van der Waals surface area contributed by atoms with Crippen LogP contribution in [-0.4, -0.2) is 30.0 Å². The van der Waals surface area contributed by atoms with Crippen LogP contribution in [-0.2, 0) is 14.4 Å². The summed E-state index contributed by atoms with van der Waals surface area (Å²) in [5, 5.41) is 2.16. The minimum atomic E-state index is -0.788. The van der Waals surface area contributed by atoms with Crippen molar-refractivity contribution in [3.63, 3.8) is 0 Å². The fourth-order valence-corrected chi connectivity index (χ4v) is 3.43. The van der Waals surface area contributed by atoms with Gasteiger partial charge in [0.25, 0.3) is 11.8 Å². The minimum absolute atomic E-state index is 0.0831. The molecular formula is C20H14BrFN2O5S. The molecule has 1 N–H and O–H groups in total. The number of benzene rings is 2. The van der Waals surface area contributed by atoms with Crippen molar-refractivity contribution >= 4 is 62.8 Å². The Bertz CT molecular complexity index is 1120. The number of rotatable bonds is 4. The number of carbonyl (C=O) groups is 3. The van der Waals surface area contributed by atoms with Crippen LogP contribution in [0.2, 0.25) is 0 Å². The zero-order chi connectivity index (χ0) is 22.0. The first kappa shape index (κ1) is 21.6. The highest BCUT2D eigenvalue weighted by atomic mass is 79.9. The number of ether oxygens (including phenoxy) is 2. The molecule has 0 atom stereocenters. The first-order valence-corrected chi connectivity index (χ1v) is 9.65. The van der Waals surface area contributed by atoms with Crippen molar-refractivity contribution in [1.82, 2.24) is 5.32 Å². The summed E-state index contributed by atoms with van der Waals surface area (Å²) in [5.41, 5.74) is 0.0395. The van der Waals surface area contributed by atoms with Crippen molar-refractivity contribution in [2.75, 3.05) is 12.0 Å². The molecule has 0 radical (unpaired) electrons. The Balaban J connectivity index is 2.07. The number of anilines is 1. The van der Waals surface area contributed by atoms with E-state index in [-0.39, 0.29) is 27.9 Å². The number of nitrogens with zero attached hydrogens (tertiary/aromatic N) is 1. The Morgan fingerprint density at radius 3 is 2.57 bits per heavy atom. The summed E-state index contributed by atoms with van der Waals surface area (Å²) in [4.78, 5) is 37.6. The third-order valence-corrected chi connectivity index (χ3v) is 5.00. The van der Waals surface area contributed by atoms with Crippen molar-refractivity contribution in [3.05, 3.63) is 57.8 Å². The number of nitrogens with one attached hydrogen (secondary N) is 1. The molecule has 0 saturated carbocycles. The second-order valence-electron chi connectivity index (χ2n) is 6.03. The molecule has 0 unspecified atom stereocenters. The molecule has 0 aromatic heterocycles. The van der Waals surface area contributed by atoms with Crippen molar-refractivity contribution in [2.24, 2.45) is 0 Å². The lowest BCUT2D eigenvalue weighted by Crippen LogP contribution is -2.54. The molecule has 2 aromatic rings. The molecule has 1 aliphatic heterocycles. The van der Waals surface area contributed by atoms with Gasteiger partial charge < -0.3 is 9.47 Å². The van der Waals surface area contributed by atoms with Gasteiger partial charge in [-0.25, -0.2) is 9.29 Å². The molecular weight excluding hydrogens is 479 g/mol. The van der Waals surface area contributed by atoms with Crippen LogP contribution < -0.4 is 19.7 Å². The molecule has 30 heavy (non-hydrogen) atoms. The van der Waals surface area contributed by atoms with Gasteiger partial charge in [0.1, 0.15) is 11.4 Å². The summed E-state index contributed by atoms with van der Waals surface area (Å²) in [6, 6.07) is 8.53. The molecule has 0 spiro atoms. The van der Waals surface area contributed by atoms with Gasteiger partial charge in [-0.1, -0.05) is 28.1 Å².